The van der Waals surface area contributed by atoms with E-state index in [4.69, 9.17) is 16.3 Å². The number of esters is 1. The maximum Gasteiger partial charge on any atom is 0.326 e. The van der Waals surface area contributed by atoms with Crippen LogP contribution in [-0.4, -0.2) is 24.2 Å². The Morgan fingerprint density at radius 1 is 1.15 bits per heavy atom. The molecular formula is C19H14ClNO3S2. The highest BCUT2D eigenvalue weighted by atomic mass is 35.5. The second kappa shape index (κ2) is 7.31. The van der Waals surface area contributed by atoms with Gasteiger partial charge in [0.2, 0.25) is 5.91 Å². The number of para-hydroxylation sites is 1. The molecule has 0 saturated carbocycles. The third kappa shape index (κ3) is 3.32. The first kappa shape index (κ1) is 17.4. The van der Waals surface area contributed by atoms with Gasteiger partial charge in [-0.2, -0.15) is 0 Å². The van der Waals surface area contributed by atoms with Gasteiger partial charge in [-0.25, -0.2) is 0 Å². The van der Waals surface area contributed by atoms with Crippen LogP contribution >= 0.6 is 34.7 Å². The Morgan fingerprint density at radius 3 is 2.77 bits per heavy atom. The molecule has 4 rings (SSSR count). The summed E-state index contributed by atoms with van der Waals surface area (Å²) in [6.07, 6.45) is 0. The second-order valence-electron chi connectivity index (χ2n) is 5.73. The van der Waals surface area contributed by atoms with Gasteiger partial charge in [0, 0.05) is 15.0 Å². The number of amides is 1. The predicted molar refractivity (Wildman–Crippen MR) is 106 cm³/mol. The lowest BCUT2D eigenvalue weighted by atomic mass is 10.2. The van der Waals surface area contributed by atoms with E-state index >= 15 is 0 Å². The largest absolute Gasteiger partial charge is 0.459 e. The Bertz CT molecular complexity index is 1000. The van der Waals surface area contributed by atoms with Crippen molar-refractivity contribution in [3.05, 3.63) is 58.4 Å². The maximum absolute atomic E-state index is 12.3. The molecule has 0 fully saturated rings. The molecule has 0 unspecified atom stereocenters. The number of carbonyl (C=O) groups is 2. The summed E-state index contributed by atoms with van der Waals surface area (Å²) in [6, 6.07) is 15.4. The van der Waals surface area contributed by atoms with E-state index in [0.717, 1.165) is 25.5 Å². The van der Waals surface area contributed by atoms with Crippen LogP contribution in [0.1, 0.15) is 4.88 Å². The van der Waals surface area contributed by atoms with Gasteiger partial charge in [0.1, 0.15) is 13.2 Å². The van der Waals surface area contributed by atoms with Crippen molar-refractivity contribution < 1.29 is 14.3 Å². The number of ether oxygens (including phenoxy) is 1. The summed E-state index contributed by atoms with van der Waals surface area (Å²) in [5.41, 5.74) is 0.755. The Morgan fingerprint density at radius 2 is 1.92 bits per heavy atom. The number of hydrogen-bond donors (Lipinski definition) is 0. The van der Waals surface area contributed by atoms with Crippen LogP contribution in [0.15, 0.2) is 53.4 Å². The van der Waals surface area contributed by atoms with Crippen molar-refractivity contribution in [1.82, 2.24) is 0 Å². The highest BCUT2D eigenvalue weighted by Gasteiger charge is 2.26. The third-order valence-electron chi connectivity index (χ3n) is 4.06. The molecule has 132 valence electrons. The summed E-state index contributed by atoms with van der Waals surface area (Å²) in [7, 11) is 0. The van der Waals surface area contributed by atoms with Crippen LogP contribution in [0.3, 0.4) is 0 Å². The minimum absolute atomic E-state index is 0.0921. The zero-order chi connectivity index (χ0) is 18.1. The number of fused-ring (bicyclic) bond motifs is 2. The van der Waals surface area contributed by atoms with Crippen molar-refractivity contribution in [2.45, 2.75) is 11.5 Å². The van der Waals surface area contributed by atoms with Gasteiger partial charge in [-0.15, -0.1) is 23.1 Å². The average Bonchev–Trinajstić information content (AvgIpc) is 2.99. The van der Waals surface area contributed by atoms with Crippen LogP contribution in [0.2, 0.25) is 5.02 Å². The van der Waals surface area contributed by atoms with Crippen LogP contribution in [0.4, 0.5) is 5.69 Å². The monoisotopic (exact) mass is 403 g/mol. The van der Waals surface area contributed by atoms with Crippen LogP contribution in [0.25, 0.3) is 10.1 Å². The number of hydrogen-bond acceptors (Lipinski definition) is 5. The molecule has 0 N–H and O–H groups in total. The molecule has 1 aromatic heterocycles. The number of benzene rings is 2. The first-order valence-electron chi connectivity index (χ1n) is 7.97. The maximum atomic E-state index is 12.3. The summed E-state index contributed by atoms with van der Waals surface area (Å²) in [6.45, 7) is 0.00830. The van der Waals surface area contributed by atoms with E-state index in [-0.39, 0.29) is 19.1 Å². The molecule has 1 aliphatic rings. The molecule has 2 heterocycles. The molecule has 0 bridgehead atoms. The van der Waals surface area contributed by atoms with Crippen molar-refractivity contribution in [1.29, 1.82) is 0 Å². The molecule has 2 aromatic carbocycles. The minimum Gasteiger partial charge on any atom is -0.459 e. The fourth-order valence-electron chi connectivity index (χ4n) is 2.81. The highest BCUT2D eigenvalue weighted by molar-refractivity contribution is 8.00. The smallest absolute Gasteiger partial charge is 0.326 e. The van der Waals surface area contributed by atoms with Gasteiger partial charge in [-0.05, 0) is 18.2 Å². The topological polar surface area (TPSA) is 46.6 Å². The van der Waals surface area contributed by atoms with Crippen molar-refractivity contribution in [3.63, 3.8) is 0 Å². The van der Waals surface area contributed by atoms with Gasteiger partial charge in [0.25, 0.3) is 0 Å². The molecular weight excluding hydrogens is 390 g/mol. The lowest BCUT2D eigenvalue weighted by Crippen LogP contribution is -2.39. The van der Waals surface area contributed by atoms with Gasteiger partial charge < -0.3 is 4.74 Å². The number of thioether (sulfide) groups is 1. The van der Waals surface area contributed by atoms with E-state index in [1.165, 1.54) is 28.0 Å². The Hall–Kier alpha value is -2.02. The lowest BCUT2D eigenvalue weighted by molar-refractivity contribution is -0.143. The first-order valence-corrected chi connectivity index (χ1v) is 10.1. The minimum atomic E-state index is -0.450. The highest BCUT2D eigenvalue weighted by Crippen LogP contribution is 2.36. The number of rotatable bonds is 4. The molecule has 4 nitrogen and oxygen atoms in total. The fourth-order valence-corrected chi connectivity index (χ4v) is 5.14. The van der Waals surface area contributed by atoms with Crippen LogP contribution in [-0.2, 0) is 20.9 Å². The van der Waals surface area contributed by atoms with E-state index in [2.05, 4.69) is 0 Å². The van der Waals surface area contributed by atoms with Gasteiger partial charge in [0.05, 0.1) is 21.3 Å². The molecule has 0 aliphatic carbocycles. The normalized spacial score (nSPS) is 13.7. The molecule has 1 aliphatic heterocycles. The number of anilines is 1. The van der Waals surface area contributed by atoms with Crippen molar-refractivity contribution >= 4 is 62.3 Å². The predicted octanol–water partition coefficient (Wildman–Crippen LogP) is 4.74. The standard InChI is InChI=1S/C19H14ClNO3S2/c20-19-12-5-1-3-7-14(12)26-16(19)10-24-18(23)9-21-13-6-2-4-8-15(13)25-11-17(21)22/h1-8H,9-11H2. The summed E-state index contributed by atoms with van der Waals surface area (Å²) in [5, 5.41) is 1.58. The third-order valence-corrected chi connectivity index (χ3v) is 6.80. The molecule has 26 heavy (non-hydrogen) atoms. The van der Waals surface area contributed by atoms with Crippen molar-refractivity contribution in [2.75, 3.05) is 17.2 Å². The second-order valence-corrected chi connectivity index (χ2v) is 8.26. The molecule has 3 aromatic rings. The number of halogens is 1. The van der Waals surface area contributed by atoms with E-state index < -0.39 is 5.97 Å². The van der Waals surface area contributed by atoms with Gasteiger partial charge >= 0.3 is 5.97 Å². The van der Waals surface area contributed by atoms with Crippen molar-refractivity contribution in [3.8, 4) is 0 Å². The molecule has 0 saturated heterocycles. The van der Waals surface area contributed by atoms with E-state index in [1.54, 1.807) is 0 Å². The number of nitrogens with zero attached hydrogens (tertiary/aromatic N) is 1. The fraction of sp³-hybridized carbons (Fsp3) is 0.158. The quantitative estimate of drug-likeness (QED) is 0.590. The molecule has 7 heteroatoms. The van der Waals surface area contributed by atoms with Crippen molar-refractivity contribution in [2.24, 2.45) is 0 Å². The number of carbonyl (C=O) groups excluding carboxylic acids is 2. The van der Waals surface area contributed by atoms with E-state index in [0.29, 0.717) is 10.8 Å². The molecule has 1 amide bonds. The summed E-state index contributed by atoms with van der Waals surface area (Å²) >= 11 is 9.37. The molecule has 0 atom stereocenters. The van der Waals surface area contributed by atoms with Gasteiger partial charge in [-0.3, -0.25) is 14.5 Å². The Labute approximate surface area is 163 Å². The van der Waals surface area contributed by atoms with Gasteiger partial charge in [0.15, 0.2) is 0 Å². The summed E-state index contributed by atoms with van der Waals surface area (Å²) < 4.78 is 6.45. The van der Waals surface area contributed by atoms with Gasteiger partial charge in [-0.1, -0.05) is 41.9 Å². The number of thiophene rings is 1. The van der Waals surface area contributed by atoms with Crippen LogP contribution < -0.4 is 4.90 Å². The summed E-state index contributed by atoms with van der Waals surface area (Å²) in [5.74, 6) is -0.217. The first-order chi connectivity index (χ1) is 12.6. The molecule has 0 radical (unpaired) electrons. The summed E-state index contributed by atoms with van der Waals surface area (Å²) in [4.78, 5) is 27.8. The lowest BCUT2D eigenvalue weighted by Gasteiger charge is -2.27. The van der Waals surface area contributed by atoms with E-state index in [9.17, 15) is 9.59 Å². The zero-order valence-corrected chi connectivity index (χ0v) is 16.0. The Kier molecular flexibility index (Phi) is 4.89. The van der Waals surface area contributed by atoms with E-state index in [1.807, 2.05) is 48.5 Å². The SMILES string of the molecule is O=C(CN1C(=O)CSc2ccccc21)OCc1sc2ccccc2c1Cl. The zero-order valence-electron chi connectivity index (χ0n) is 13.6. The average molecular weight is 404 g/mol. The Balaban J connectivity index is 1.46. The van der Waals surface area contributed by atoms with Crippen LogP contribution in [0, 0.1) is 0 Å². The van der Waals surface area contributed by atoms with Crippen LogP contribution in [0.5, 0.6) is 0 Å². The molecule has 0 spiro atoms.